The van der Waals surface area contributed by atoms with Crippen LogP contribution in [0.15, 0.2) is 18.2 Å². The summed E-state index contributed by atoms with van der Waals surface area (Å²) in [6.07, 6.45) is -7.59. The largest absolute Gasteiger partial charge is 0.478 e. The molecule has 1 aromatic carbocycles. The van der Waals surface area contributed by atoms with Gasteiger partial charge in [-0.1, -0.05) is 22.0 Å². The van der Waals surface area contributed by atoms with Crippen molar-refractivity contribution in [3.8, 4) is 0 Å². The van der Waals surface area contributed by atoms with E-state index in [-0.39, 0.29) is 10.9 Å². The molecular formula is C11H10BrF3O4. The Morgan fingerprint density at radius 3 is 2.32 bits per heavy atom. The van der Waals surface area contributed by atoms with Gasteiger partial charge in [0.2, 0.25) is 0 Å². The van der Waals surface area contributed by atoms with Crippen molar-refractivity contribution in [1.29, 1.82) is 0 Å². The van der Waals surface area contributed by atoms with Crippen LogP contribution in [0.25, 0.3) is 0 Å². The summed E-state index contributed by atoms with van der Waals surface area (Å²) in [5.41, 5.74) is -2.09. The van der Waals surface area contributed by atoms with Crippen molar-refractivity contribution in [2.24, 2.45) is 0 Å². The van der Waals surface area contributed by atoms with Crippen LogP contribution in [-0.4, -0.2) is 32.7 Å². The number of alkyl halides is 4. The molecule has 0 saturated heterocycles. The molecule has 19 heavy (non-hydrogen) atoms. The second-order valence-electron chi connectivity index (χ2n) is 3.77. The second kappa shape index (κ2) is 5.89. The number of halogens is 4. The van der Waals surface area contributed by atoms with Crippen molar-refractivity contribution in [1.82, 2.24) is 0 Å². The van der Waals surface area contributed by atoms with Gasteiger partial charge in [-0.05, 0) is 17.7 Å². The summed E-state index contributed by atoms with van der Waals surface area (Å²) in [6, 6.07) is 1.94. The summed E-state index contributed by atoms with van der Waals surface area (Å²) in [5, 5.41) is 27.9. The first kappa shape index (κ1) is 15.9. The van der Waals surface area contributed by atoms with Gasteiger partial charge in [-0.25, -0.2) is 4.79 Å². The Morgan fingerprint density at radius 2 is 1.89 bits per heavy atom. The fraction of sp³-hybridized carbons (Fsp3) is 0.364. The summed E-state index contributed by atoms with van der Waals surface area (Å²) in [7, 11) is 0. The molecule has 3 N–H and O–H groups in total. The molecule has 0 heterocycles. The van der Waals surface area contributed by atoms with Crippen LogP contribution in [0.2, 0.25) is 0 Å². The predicted octanol–water partition coefficient (Wildman–Crippen LogP) is 2.19. The van der Waals surface area contributed by atoms with Crippen LogP contribution in [-0.2, 0) is 6.18 Å². The highest BCUT2D eigenvalue weighted by Crippen LogP contribution is 2.32. The summed E-state index contributed by atoms with van der Waals surface area (Å²) < 4.78 is 37.4. The van der Waals surface area contributed by atoms with E-state index < -0.39 is 35.5 Å². The Morgan fingerprint density at radius 1 is 1.32 bits per heavy atom. The lowest BCUT2D eigenvalue weighted by Gasteiger charge is -2.19. The van der Waals surface area contributed by atoms with Crippen LogP contribution in [0.4, 0.5) is 13.2 Å². The number of hydrogen-bond acceptors (Lipinski definition) is 3. The number of rotatable bonds is 4. The van der Waals surface area contributed by atoms with E-state index in [0.29, 0.717) is 12.1 Å². The maximum atomic E-state index is 12.5. The molecule has 0 aliphatic rings. The Kier molecular flexibility index (Phi) is 4.94. The van der Waals surface area contributed by atoms with Crippen LogP contribution in [0.3, 0.4) is 0 Å². The Hall–Kier alpha value is -1.12. The van der Waals surface area contributed by atoms with E-state index in [4.69, 9.17) is 5.11 Å². The molecule has 0 bridgehead atoms. The van der Waals surface area contributed by atoms with Gasteiger partial charge in [-0.15, -0.1) is 0 Å². The molecule has 0 spiro atoms. The SMILES string of the molecule is O=C(O)c1cc(C(F)(F)F)ccc1C(O)C(O)CBr. The smallest absolute Gasteiger partial charge is 0.416 e. The van der Waals surface area contributed by atoms with Gasteiger partial charge in [0.1, 0.15) is 6.10 Å². The molecule has 0 saturated carbocycles. The average Bonchev–Trinajstić information content (AvgIpc) is 2.35. The second-order valence-corrected chi connectivity index (χ2v) is 4.42. The van der Waals surface area contributed by atoms with Gasteiger partial charge in [0.05, 0.1) is 17.2 Å². The standard InChI is InChI=1S/C11H10BrF3O4/c12-4-8(16)9(17)6-2-1-5(11(13,14)15)3-7(6)10(18)19/h1-3,8-9,16-17H,4H2,(H,18,19). The quantitative estimate of drug-likeness (QED) is 0.733. The summed E-state index contributed by atoms with van der Waals surface area (Å²) in [6.45, 7) is 0. The van der Waals surface area contributed by atoms with Crippen molar-refractivity contribution in [3.63, 3.8) is 0 Å². The van der Waals surface area contributed by atoms with Crippen LogP contribution >= 0.6 is 15.9 Å². The number of hydrogen-bond donors (Lipinski definition) is 3. The van der Waals surface area contributed by atoms with E-state index in [1.54, 1.807) is 0 Å². The lowest BCUT2D eigenvalue weighted by atomic mass is 9.97. The maximum absolute atomic E-state index is 12.5. The maximum Gasteiger partial charge on any atom is 0.416 e. The molecule has 0 aromatic heterocycles. The number of aromatic carboxylic acids is 1. The average molecular weight is 343 g/mol. The van der Waals surface area contributed by atoms with Gasteiger partial charge in [-0.3, -0.25) is 0 Å². The summed E-state index contributed by atoms with van der Waals surface area (Å²) >= 11 is 2.88. The molecule has 106 valence electrons. The molecule has 0 aliphatic carbocycles. The van der Waals surface area contributed by atoms with E-state index in [1.807, 2.05) is 0 Å². The Balaban J connectivity index is 3.31. The Bertz CT molecular complexity index is 475. The first-order valence-electron chi connectivity index (χ1n) is 5.05. The lowest BCUT2D eigenvalue weighted by molar-refractivity contribution is -0.137. The third-order valence-corrected chi connectivity index (χ3v) is 3.12. The highest BCUT2D eigenvalue weighted by Gasteiger charge is 2.33. The highest BCUT2D eigenvalue weighted by molar-refractivity contribution is 9.09. The first-order chi connectivity index (χ1) is 8.68. The van der Waals surface area contributed by atoms with Crippen molar-refractivity contribution in [3.05, 3.63) is 34.9 Å². The predicted molar refractivity (Wildman–Crippen MR) is 63.2 cm³/mol. The Labute approximate surface area is 114 Å². The minimum absolute atomic E-state index is 0.0474. The van der Waals surface area contributed by atoms with E-state index in [2.05, 4.69) is 15.9 Å². The van der Waals surface area contributed by atoms with Gasteiger partial charge < -0.3 is 15.3 Å². The van der Waals surface area contributed by atoms with Crippen molar-refractivity contribution < 1.29 is 33.3 Å². The monoisotopic (exact) mass is 342 g/mol. The van der Waals surface area contributed by atoms with Crippen LogP contribution in [0.1, 0.15) is 27.6 Å². The van der Waals surface area contributed by atoms with Crippen molar-refractivity contribution in [2.75, 3.05) is 5.33 Å². The van der Waals surface area contributed by atoms with E-state index in [0.717, 1.165) is 6.07 Å². The molecule has 0 aliphatic heterocycles. The molecule has 1 aromatic rings. The summed E-state index contributed by atoms with van der Waals surface area (Å²) in [5.74, 6) is -1.61. The van der Waals surface area contributed by atoms with E-state index in [9.17, 15) is 28.2 Å². The van der Waals surface area contributed by atoms with Gasteiger partial charge in [-0.2, -0.15) is 13.2 Å². The van der Waals surface area contributed by atoms with Crippen LogP contribution < -0.4 is 0 Å². The zero-order valence-corrected chi connectivity index (χ0v) is 10.9. The fourth-order valence-electron chi connectivity index (χ4n) is 1.47. The molecule has 0 amide bonds. The lowest BCUT2D eigenvalue weighted by Crippen LogP contribution is -2.22. The minimum atomic E-state index is -4.68. The topological polar surface area (TPSA) is 77.8 Å². The minimum Gasteiger partial charge on any atom is -0.478 e. The molecule has 1 rings (SSSR count). The van der Waals surface area contributed by atoms with E-state index in [1.165, 1.54) is 0 Å². The number of carboxylic acids is 1. The summed E-state index contributed by atoms with van der Waals surface area (Å²) in [4.78, 5) is 10.9. The van der Waals surface area contributed by atoms with Gasteiger partial charge >= 0.3 is 12.1 Å². The van der Waals surface area contributed by atoms with Crippen LogP contribution in [0, 0.1) is 0 Å². The van der Waals surface area contributed by atoms with Gasteiger partial charge in [0.15, 0.2) is 0 Å². The molecule has 8 heteroatoms. The fourth-order valence-corrected chi connectivity index (χ4v) is 1.82. The number of carboxylic acid groups (broad SMARTS) is 1. The zero-order valence-electron chi connectivity index (χ0n) is 9.36. The van der Waals surface area contributed by atoms with Crippen molar-refractivity contribution >= 4 is 21.9 Å². The molecule has 2 atom stereocenters. The number of aliphatic hydroxyl groups excluding tert-OH is 2. The van der Waals surface area contributed by atoms with Crippen molar-refractivity contribution in [2.45, 2.75) is 18.4 Å². The highest BCUT2D eigenvalue weighted by atomic mass is 79.9. The van der Waals surface area contributed by atoms with Gasteiger partial charge in [0.25, 0.3) is 0 Å². The van der Waals surface area contributed by atoms with E-state index >= 15 is 0 Å². The number of benzene rings is 1. The first-order valence-corrected chi connectivity index (χ1v) is 6.17. The zero-order chi connectivity index (χ0) is 14.8. The third kappa shape index (κ3) is 3.68. The number of carbonyl (C=O) groups is 1. The molecule has 4 nitrogen and oxygen atoms in total. The third-order valence-electron chi connectivity index (χ3n) is 2.45. The molecular weight excluding hydrogens is 333 g/mol. The van der Waals surface area contributed by atoms with Gasteiger partial charge in [0, 0.05) is 5.33 Å². The number of aliphatic hydroxyl groups is 2. The molecule has 0 radical (unpaired) electrons. The molecule has 0 fully saturated rings. The molecule has 2 unspecified atom stereocenters. The van der Waals surface area contributed by atoms with Crippen LogP contribution in [0.5, 0.6) is 0 Å². The normalized spacial score (nSPS) is 15.1.